The fourth-order valence-corrected chi connectivity index (χ4v) is 4.70. The first kappa shape index (κ1) is 19.6. The van der Waals surface area contributed by atoms with Gasteiger partial charge in [-0.15, -0.1) is 0 Å². The number of hydrogen-bond donors (Lipinski definition) is 2. The van der Waals surface area contributed by atoms with E-state index in [1.165, 1.54) is 18.6 Å². The number of benzene rings is 2. The lowest BCUT2D eigenvalue weighted by Gasteiger charge is -2.22. The molecule has 0 bridgehead atoms. The van der Waals surface area contributed by atoms with Gasteiger partial charge in [-0.2, -0.15) is 0 Å². The van der Waals surface area contributed by atoms with Gasteiger partial charge in [0.25, 0.3) is 5.91 Å². The molecule has 2 aromatic carbocycles. The van der Waals surface area contributed by atoms with Gasteiger partial charge >= 0.3 is 0 Å². The highest BCUT2D eigenvalue weighted by Gasteiger charge is 2.22. The van der Waals surface area contributed by atoms with Gasteiger partial charge in [0.15, 0.2) is 0 Å². The summed E-state index contributed by atoms with van der Waals surface area (Å²) in [5.74, 6) is -0.222. The lowest BCUT2D eigenvalue weighted by molar-refractivity contribution is 0.0951. The molecule has 1 amide bonds. The van der Waals surface area contributed by atoms with Crippen molar-refractivity contribution in [3.63, 3.8) is 0 Å². The van der Waals surface area contributed by atoms with Gasteiger partial charge in [0.05, 0.1) is 4.90 Å². The highest BCUT2D eigenvalue weighted by molar-refractivity contribution is 7.89. The Morgan fingerprint density at radius 3 is 2.41 bits per heavy atom. The average Bonchev–Trinajstić information content (AvgIpc) is 2.67. The molecule has 2 aromatic rings. The smallest absolute Gasteiger partial charge is 0.251 e. The summed E-state index contributed by atoms with van der Waals surface area (Å²) in [5, 5.41) is 2.86. The van der Waals surface area contributed by atoms with E-state index in [1.807, 2.05) is 31.2 Å². The van der Waals surface area contributed by atoms with Crippen LogP contribution in [0.2, 0.25) is 0 Å². The molecule has 0 heterocycles. The average molecular weight is 387 g/mol. The van der Waals surface area contributed by atoms with Crippen molar-refractivity contribution < 1.29 is 13.2 Å². The first-order valence-corrected chi connectivity index (χ1v) is 10.9. The molecule has 1 aliphatic rings. The van der Waals surface area contributed by atoms with Gasteiger partial charge in [-0.25, -0.2) is 13.1 Å². The number of sulfonamides is 1. The predicted molar refractivity (Wildman–Crippen MR) is 106 cm³/mol. The van der Waals surface area contributed by atoms with Crippen LogP contribution < -0.4 is 10.0 Å². The Bertz CT molecular complexity index is 886. The number of carbonyl (C=O) groups excluding carboxylic acids is 1. The summed E-state index contributed by atoms with van der Waals surface area (Å²) in [6.45, 7) is 2.44. The van der Waals surface area contributed by atoms with Crippen molar-refractivity contribution in [2.75, 3.05) is 0 Å². The van der Waals surface area contributed by atoms with Crippen molar-refractivity contribution in [2.24, 2.45) is 0 Å². The molecule has 0 aromatic heterocycles. The minimum atomic E-state index is -3.54. The van der Waals surface area contributed by atoms with Crippen molar-refractivity contribution in [1.29, 1.82) is 0 Å². The maximum Gasteiger partial charge on any atom is 0.251 e. The van der Waals surface area contributed by atoms with E-state index in [-0.39, 0.29) is 16.8 Å². The Kier molecular flexibility index (Phi) is 6.29. The van der Waals surface area contributed by atoms with E-state index in [0.29, 0.717) is 12.1 Å². The number of hydrogen-bond acceptors (Lipinski definition) is 3. The molecule has 27 heavy (non-hydrogen) atoms. The molecule has 1 saturated carbocycles. The zero-order valence-corrected chi connectivity index (χ0v) is 16.4. The van der Waals surface area contributed by atoms with Gasteiger partial charge < -0.3 is 5.32 Å². The van der Waals surface area contributed by atoms with Gasteiger partial charge in [0.1, 0.15) is 0 Å². The van der Waals surface area contributed by atoms with Crippen molar-refractivity contribution in [1.82, 2.24) is 10.0 Å². The maximum absolute atomic E-state index is 12.5. The second kappa shape index (κ2) is 8.67. The summed E-state index contributed by atoms with van der Waals surface area (Å²) in [7, 11) is -3.54. The van der Waals surface area contributed by atoms with Crippen molar-refractivity contribution in [3.8, 4) is 0 Å². The van der Waals surface area contributed by atoms with Crippen LogP contribution in [0.5, 0.6) is 0 Å². The fourth-order valence-electron chi connectivity index (χ4n) is 3.40. The monoisotopic (exact) mass is 386 g/mol. The highest BCUT2D eigenvalue weighted by Crippen LogP contribution is 2.20. The lowest BCUT2D eigenvalue weighted by atomic mass is 9.96. The second-order valence-electron chi connectivity index (χ2n) is 7.15. The van der Waals surface area contributed by atoms with Crippen LogP contribution in [0.1, 0.15) is 53.6 Å². The van der Waals surface area contributed by atoms with Crippen LogP contribution in [0.4, 0.5) is 0 Å². The summed E-state index contributed by atoms with van der Waals surface area (Å²) in [6.07, 6.45) is 5.07. The molecule has 3 rings (SSSR count). The topological polar surface area (TPSA) is 75.3 Å². The molecule has 0 radical (unpaired) electrons. The number of carbonyl (C=O) groups is 1. The summed E-state index contributed by atoms with van der Waals surface area (Å²) < 4.78 is 27.8. The van der Waals surface area contributed by atoms with E-state index < -0.39 is 10.0 Å². The third-order valence-corrected chi connectivity index (χ3v) is 6.43. The zero-order chi connectivity index (χ0) is 19.3. The normalized spacial score (nSPS) is 15.4. The van der Waals surface area contributed by atoms with Crippen LogP contribution in [-0.2, 0) is 16.6 Å². The molecule has 0 saturated heterocycles. The van der Waals surface area contributed by atoms with E-state index in [2.05, 4.69) is 10.0 Å². The molecule has 0 aliphatic heterocycles. The fraction of sp³-hybridized carbons (Fsp3) is 0.381. The Morgan fingerprint density at radius 1 is 1.04 bits per heavy atom. The van der Waals surface area contributed by atoms with E-state index in [9.17, 15) is 13.2 Å². The molecule has 0 spiro atoms. The molecule has 0 atom stereocenters. The third-order valence-electron chi connectivity index (χ3n) is 4.89. The van der Waals surface area contributed by atoms with Crippen LogP contribution in [0, 0.1) is 6.92 Å². The van der Waals surface area contributed by atoms with Crippen LogP contribution >= 0.6 is 0 Å². The molecular formula is C21H26N2O3S. The minimum absolute atomic E-state index is 0.0149. The number of aryl methyl sites for hydroxylation is 1. The Morgan fingerprint density at radius 2 is 1.74 bits per heavy atom. The van der Waals surface area contributed by atoms with Gasteiger partial charge in [-0.05, 0) is 49.6 Å². The van der Waals surface area contributed by atoms with Gasteiger partial charge in [0, 0.05) is 18.2 Å². The third kappa shape index (κ3) is 5.40. The van der Waals surface area contributed by atoms with Crippen LogP contribution in [-0.4, -0.2) is 20.4 Å². The molecule has 2 N–H and O–H groups in total. The Hall–Kier alpha value is -2.18. The van der Waals surface area contributed by atoms with E-state index >= 15 is 0 Å². The zero-order valence-electron chi connectivity index (χ0n) is 15.6. The summed E-state index contributed by atoms with van der Waals surface area (Å²) in [4.78, 5) is 12.5. The quantitative estimate of drug-likeness (QED) is 0.797. The maximum atomic E-state index is 12.5. The first-order valence-electron chi connectivity index (χ1n) is 9.40. The summed E-state index contributed by atoms with van der Waals surface area (Å²) >= 11 is 0. The number of nitrogens with one attached hydrogen (secondary N) is 2. The standard InChI is InChI=1S/C21H26N2O3S/c1-16-6-5-7-17(14-16)15-22-21(24)18-10-12-20(13-11-18)27(25,26)23-19-8-3-2-4-9-19/h5-7,10-14,19,23H,2-4,8-9,15H2,1H3,(H,22,24). The van der Waals surface area contributed by atoms with Crippen molar-refractivity contribution in [3.05, 3.63) is 65.2 Å². The number of amides is 1. The molecule has 144 valence electrons. The van der Waals surface area contributed by atoms with Gasteiger partial charge in [-0.3, -0.25) is 4.79 Å². The molecular weight excluding hydrogens is 360 g/mol. The lowest BCUT2D eigenvalue weighted by Crippen LogP contribution is -2.36. The number of rotatable bonds is 6. The Labute approximate surface area is 161 Å². The van der Waals surface area contributed by atoms with Gasteiger partial charge in [0.2, 0.25) is 10.0 Å². The molecule has 1 fully saturated rings. The Balaban J connectivity index is 1.61. The van der Waals surface area contributed by atoms with E-state index in [4.69, 9.17) is 0 Å². The van der Waals surface area contributed by atoms with E-state index in [1.54, 1.807) is 12.1 Å². The van der Waals surface area contributed by atoms with Crippen LogP contribution in [0.15, 0.2) is 53.4 Å². The van der Waals surface area contributed by atoms with E-state index in [0.717, 1.165) is 36.8 Å². The summed E-state index contributed by atoms with van der Waals surface area (Å²) in [5.41, 5.74) is 2.61. The first-order chi connectivity index (χ1) is 12.9. The highest BCUT2D eigenvalue weighted by atomic mass is 32.2. The largest absolute Gasteiger partial charge is 0.348 e. The minimum Gasteiger partial charge on any atom is -0.348 e. The molecule has 5 nitrogen and oxygen atoms in total. The van der Waals surface area contributed by atoms with Gasteiger partial charge in [-0.1, -0.05) is 49.1 Å². The van der Waals surface area contributed by atoms with Crippen molar-refractivity contribution >= 4 is 15.9 Å². The van der Waals surface area contributed by atoms with Crippen LogP contribution in [0.3, 0.4) is 0 Å². The summed E-state index contributed by atoms with van der Waals surface area (Å²) in [6, 6.07) is 14.1. The molecule has 1 aliphatic carbocycles. The van der Waals surface area contributed by atoms with Crippen LogP contribution in [0.25, 0.3) is 0 Å². The second-order valence-corrected chi connectivity index (χ2v) is 8.87. The molecule has 0 unspecified atom stereocenters. The SMILES string of the molecule is Cc1cccc(CNC(=O)c2ccc(S(=O)(=O)NC3CCCCC3)cc2)c1. The van der Waals surface area contributed by atoms with Crippen molar-refractivity contribution in [2.45, 2.75) is 56.5 Å². The predicted octanol–water partition coefficient (Wildman–Crippen LogP) is 3.54. The molecule has 6 heteroatoms.